The summed E-state index contributed by atoms with van der Waals surface area (Å²) in [4.78, 5) is 9.18. The molecule has 0 aromatic carbocycles. The second-order valence-corrected chi connectivity index (χ2v) is 4.66. The van der Waals surface area contributed by atoms with E-state index >= 15 is 0 Å². The highest BCUT2D eigenvalue weighted by molar-refractivity contribution is 5.45. The van der Waals surface area contributed by atoms with Gasteiger partial charge in [0.25, 0.3) is 0 Å². The number of nitrogens with one attached hydrogen (secondary N) is 1. The van der Waals surface area contributed by atoms with Crippen LogP contribution in [0.1, 0.15) is 43.0 Å². The summed E-state index contributed by atoms with van der Waals surface area (Å²) in [6.45, 7) is 7.03. The first-order chi connectivity index (χ1) is 8.17. The smallest absolute Gasteiger partial charge is 0.160 e. The molecule has 4 heteroatoms. The minimum atomic E-state index is 0.0618. The average molecular weight is 235 g/mol. The predicted octanol–water partition coefficient (Wildman–Crippen LogP) is 2.62. The van der Waals surface area contributed by atoms with E-state index in [0.717, 1.165) is 29.4 Å². The summed E-state index contributed by atoms with van der Waals surface area (Å²) in [5, 5.41) is 3.29. The zero-order chi connectivity index (χ0) is 12.4. The van der Waals surface area contributed by atoms with E-state index in [0.29, 0.717) is 5.92 Å². The Kier molecular flexibility index (Phi) is 3.62. The minimum absolute atomic E-state index is 0.0618. The molecule has 4 nitrogen and oxygen atoms in total. The normalized spacial score (nSPS) is 16.9. The molecule has 1 aromatic heterocycles. The van der Waals surface area contributed by atoms with Crippen molar-refractivity contribution >= 4 is 5.82 Å². The molecule has 1 aliphatic rings. The van der Waals surface area contributed by atoms with Crippen LogP contribution in [0.25, 0.3) is 0 Å². The van der Waals surface area contributed by atoms with Gasteiger partial charge in [-0.25, -0.2) is 9.97 Å². The Bertz CT molecular complexity index is 402. The fourth-order valence-corrected chi connectivity index (χ4v) is 2.02. The first-order valence-electron chi connectivity index (χ1n) is 6.29. The number of hydrogen-bond acceptors (Lipinski definition) is 4. The van der Waals surface area contributed by atoms with E-state index in [1.807, 2.05) is 6.92 Å². The SMILES string of the molecule is CCNc1nc(C(OC)C2CC2)nc(C)c1C. The van der Waals surface area contributed by atoms with Gasteiger partial charge in [0.05, 0.1) is 0 Å². The molecule has 94 valence electrons. The molecule has 1 fully saturated rings. The Morgan fingerprint density at radius 1 is 1.35 bits per heavy atom. The van der Waals surface area contributed by atoms with Gasteiger partial charge in [0.1, 0.15) is 11.9 Å². The molecule has 1 N–H and O–H groups in total. The largest absolute Gasteiger partial charge is 0.373 e. The molecule has 1 aromatic rings. The maximum absolute atomic E-state index is 5.54. The molecular formula is C13H21N3O. The Balaban J connectivity index is 2.33. The fourth-order valence-electron chi connectivity index (χ4n) is 2.02. The summed E-state index contributed by atoms with van der Waals surface area (Å²) < 4.78 is 5.54. The zero-order valence-electron chi connectivity index (χ0n) is 11.1. The maximum Gasteiger partial charge on any atom is 0.160 e. The van der Waals surface area contributed by atoms with Gasteiger partial charge in [-0.15, -0.1) is 0 Å². The molecule has 0 amide bonds. The number of rotatable bonds is 5. The molecule has 1 atom stereocenters. The highest BCUT2D eigenvalue weighted by atomic mass is 16.5. The Labute approximate surface area is 103 Å². The van der Waals surface area contributed by atoms with E-state index < -0.39 is 0 Å². The van der Waals surface area contributed by atoms with Crippen molar-refractivity contribution in [3.8, 4) is 0 Å². The number of nitrogens with zero attached hydrogens (tertiary/aromatic N) is 2. The molecule has 1 saturated carbocycles. The molecule has 0 bridgehead atoms. The highest BCUT2D eigenvalue weighted by Gasteiger charge is 2.34. The van der Waals surface area contributed by atoms with Crippen LogP contribution in [-0.4, -0.2) is 23.6 Å². The minimum Gasteiger partial charge on any atom is -0.373 e. The number of hydrogen-bond donors (Lipinski definition) is 1. The second-order valence-electron chi connectivity index (χ2n) is 4.66. The van der Waals surface area contributed by atoms with Crippen LogP contribution in [0.2, 0.25) is 0 Å². The van der Waals surface area contributed by atoms with Gasteiger partial charge in [-0.2, -0.15) is 0 Å². The number of aryl methyl sites for hydroxylation is 1. The first kappa shape index (κ1) is 12.3. The lowest BCUT2D eigenvalue weighted by Gasteiger charge is -2.16. The van der Waals surface area contributed by atoms with Crippen molar-refractivity contribution in [2.45, 2.75) is 39.7 Å². The number of methoxy groups -OCH3 is 1. The van der Waals surface area contributed by atoms with Gasteiger partial charge in [0, 0.05) is 24.9 Å². The Morgan fingerprint density at radius 2 is 2.06 bits per heavy atom. The fraction of sp³-hybridized carbons (Fsp3) is 0.692. The van der Waals surface area contributed by atoms with Crippen LogP contribution in [0, 0.1) is 19.8 Å². The molecule has 0 spiro atoms. The lowest BCUT2D eigenvalue weighted by molar-refractivity contribution is 0.0771. The van der Waals surface area contributed by atoms with Gasteiger partial charge in [0.15, 0.2) is 5.82 Å². The van der Waals surface area contributed by atoms with Crippen molar-refractivity contribution < 1.29 is 4.74 Å². The van der Waals surface area contributed by atoms with Crippen LogP contribution in [0.15, 0.2) is 0 Å². The summed E-state index contributed by atoms with van der Waals surface area (Å²) >= 11 is 0. The van der Waals surface area contributed by atoms with Crippen LogP contribution < -0.4 is 5.32 Å². The van der Waals surface area contributed by atoms with Crippen molar-refractivity contribution in [1.29, 1.82) is 0 Å². The summed E-state index contributed by atoms with van der Waals surface area (Å²) in [6, 6.07) is 0. The van der Waals surface area contributed by atoms with Crippen molar-refractivity contribution in [1.82, 2.24) is 9.97 Å². The van der Waals surface area contributed by atoms with E-state index in [2.05, 4.69) is 29.1 Å². The van der Waals surface area contributed by atoms with Gasteiger partial charge < -0.3 is 10.1 Å². The van der Waals surface area contributed by atoms with E-state index in [-0.39, 0.29) is 6.10 Å². The Morgan fingerprint density at radius 3 is 2.59 bits per heavy atom. The van der Waals surface area contributed by atoms with E-state index in [9.17, 15) is 0 Å². The van der Waals surface area contributed by atoms with Gasteiger partial charge in [-0.3, -0.25) is 0 Å². The third kappa shape index (κ3) is 2.57. The van der Waals surface area contributed by atoms with Crippen LogP contribution in [0.4, 0.5) is 5.82 Å². The molecule has 1 heterocycles. The van der Waals surface area contributed by atoms with Crippen LogP contribution >= 0.6 is 0 Å². The quantitative estimate of drug-likeness (QED) is 0.852. The number of anilines is 1. The van der Waals surface area contributed by atoms with E-state index in [1.165, 1.54) is 12.8 Å². The topological polar surface area (TPSA) is 47.0 Å². The van der Waals surface area contributed by atoms with Crippen molar-refractivity contribution in [3.05, 3.63) is 17.1 Å². The van der Waals surface area contributed by atoms with E-state index in [1.54, 1.807) is 7.11 Å². The zero-order valence-corrected chi connectivity index (χ0v) is 11.1. The molecule has 0 saturated heterocycles. The van der Waals surface area contributed by atoms with Crippen LogP contribution in [0.5, 0.6) is 0 Å². The van der Waals surface area contributed by atoms with Crippen molar-refractivity contribution in [2.24, 2.45) is 5.92 Å². The third-order valence-corrected chi connectivity index (χ3v) is 3.31. The highest BCUT2D eigenvalue weighted by Crippen LogP contribution is 2.42. The Hall–Kier alpha value is -1.16. The molecule has 0 radical (unpaired) electrons. The monoisotopic (exact) mass is 235 g/mol. The van der Waals surface area contributed by atoms with Gasteiger partial charge >= 0.3 is 0 Å². The molecule has 1 unspecified atom stereocenters. The van der Waals surface area contributed by atoms with Gasteiger partial charge in [0.2, 0.25) is 0 Å². The maximum atomic E-state index is 5.54. The number of ether oxygens (including phenoxy) is 1. The standard InChI is InChI=1S/C13H21N3O/c1-5-14-12-8(2)9(3)15-13(16-12)11(17-4)10-6-7-10/h10-11H,5-7H2,1-4H3,(H,14,15,16). The summed E-state index contributed by atoms with van der Waals surface area (Å²) in [6.07, 6.45) is 2.52. The molecule has 2 rings (SSSR count). The third-order valence-electron chi connectivity index (χ3n) is 3.31. The molecule has 17 heavy (non-hydrogen) atoms. The van der Waals surface area contributed by atoms with Crippen molar-refractivity contribution in [3.63, 3.8) is 0 Å². The predicted molar refractivity (Wildman–Crippen MR) is 68.1 cm³/mol. The van der Waals surface area contributed by atoms with Gasteiger partial charge in [-0.05, 0) is 39.5 Å². The average Bonchev–Trinajstić information content (AvgIpc) is 3.11. The lowest BCUT2D eigenvalue weighted by atomic mass is 10.2. The first-order valence-corrected chi connectivity index (χ1v) is 6.29. The lowest BCUT2D eigenvalue weighted by Crippen LogP contribution is -2.13. The van der Waals surface area contributed by atoms with Crippen LogP contribution in [0.3, 0.4) is 0 Å². The number of aromatic nitrogens is 2. The van der Waals surface area contributed by atoms with Crippen molar-refractivity contribution in [2.75, 3.05) is 19.0 Å². The summed E-state index contributed by atoms with van der Waals surface area (Å²) in [5.74, 6) is 2.38. The summed E-state index contributed by atoms with van der Waals surface area (Å²) in [7, 11) is 1.74. The molecule has 0 aliphatic heterocycles. The van der Waals surface area contributed by atoms with Crippen LogP contribution in [-0.2, 0) is 4.74 Å². The second kappa shape index (κ2) is 5.00. The van der Waals surface area contributed by atoms with Gasteiger partial charge in [-0.1, -0.05) is 0 Å². The molecule has 1 aliphatic carbocycles. The summed E-state index contributed by atoms with van der Waals surface area (Å²) in [5.41, 5.74) is 2.16. The van der Waals surface area contributed by atoms with E-state index in [4.69, 9.17) is 4.74 Å². The molecular weight excluding hydrogens is 214 g/mol.